The molecule has 1 fully saturated rings. The number of carbonyl (C=O) groups excluding carboxylic acids is 1. The van der Waals surface area contributed by atoms with Crippen LogP contribution < -0.4 is 5.32 Å². The van der Waals surface area contributed by atoms with Crippen molar-refractivity contribution in [3.05, 3.63) is 83.2 Å². The van der Waals surface area contributed by atoms with E-state index in [2.05, 4.69) is 87.3 Å². The Morgan fingerprint density at radius 3 is 2.32 bits per heavy atom. The van der Waals surface area contributed by atoms with Gasteiger partial charge in [0, 0.05) is 5.69 Å². The molecule has 37 heavy (non-hydrogen) atoms. The predicted molar refractivity (Wildman–Crippen MR) is 152 cm³/mol. The number of piperidine rings is 1. The summed E-state index contributed by atoms with van der Waals surface area (Å²) in [4.78, 5) is 15.0. The number of amides is 1. The van der Waals surface area contributed by atoms with Crippen molar-refractivity contribution in [2.45, 2.75) is 72.3 Å². The summed E-state index contributed by atoms with van der Waals surface area (Å²) in [5.74, 6) is 1.31. The third kappa shape index (κ3) is 7.78. The van der Waals surface area contributed by atoms with E-state index in [0.717, 1.165) is 50.2 Å². The van der Waals surface area contributed by atoms with Gasteiger partial charge in [-0.05, 0) is 85.3 Å². The molecule has 1 amide bonds. The predicted octanol–water partition coefficient (Wildman–Crippen LogP) is 5.94. The first-order chi connectivity index (χ1) is 17.7. The molecule has 198 valence electrons. The molecule has 2 heterocycles. The molecule has 1 aliphatic rings. The van der Waals surface area contributed by atoms with Crippen molar-refractivity contribution in [1.29, 1.82) is 0 Å². The van der Waals surface area contributed by atoms with Crippen molar-refractivity contribution in [2.24, 2.45) is 11.8 Å². The molecule has 0 atom stereocenters. The zero-order valence-corrected chi connectivity index (χ0v) is 23.3. The van der Waals surface area contributed by atoms with Gasteiger partial charge in [-0.25, -0.2) is 4.68 Å². The van der Waals surface area contributed by atoms with Crippen molar-refractivity contribution in [3.63, 3.8) is 0 Å². The lowest BCUT2D eigenvalue weighted by molar-refractivity contribution is -0.122. The highest BCUT2D eigenvalue weighted by atomic mass is 16.2. The fourth-order valence-electron chi connectivity index (χ4n) is 5.19. The molecule has 0 radical (unpaired) electrons. The molecule has 4 rings (SSSR count). The van der Waals surface area contributed by atoms with Crippen molar-refractivity contribution in [1.82, 2.24) is 20.0 Å². The Morgan fingerprint density at radius 2 is 1.70 bits per heavy atom. The number of aromatic nitrogens is 2. The minimum absolute atomic E-state index is 0.0795. The molecule has 0 saturated carbocycles. The minimum atomic E-state index is 0.0795. The van der Waals surface area contributed by atoms with Crippen LogP contribution >= 0.6 is 0 Å². The molecule has 1 aromatic heterocycles. The van der Waals surface area contributed by atoms with Crippen LogP contribution in [0.1, 0.15) is 70.0 Å². The van der Waals surface area contributed by atoms with Gasteiger partial charge in [-0.1, -0.05) is 77.1 Å². The second-order valence-corrected chi connectivity index (χ2v) is 12.1. The Morgan fingerprint density at radius 1 is 1.03 bits per heavy atom. The van der Waals surface area contributed by atoms with Crippen molar-refractivity contribution < 1.29 is 4.79 Å². The summed E-state index contributed by atoms with van der Waals surface area (Å²) in [5.41, 5.74) is 6.16. The van der Waals surface area contributed by atoms with E-state index in [-0.39, 0.29) is 11.3 Å². The summed E-state index contributed by atoms with van der Waals surface area (Å²) in [6, 6.07) is 21.5. The second-order valence-electron chi connectivity index (χ2n) is 12.1. The summed E-state index contributed by atoms with van der Waals surface area (Å²) in [6.45, 7) is 14.1. The van der Waals surface area contributed by atoms with E-state index in [4.69, 9.17) is 5.10 Å². The minimum Gasteiger partial charge on any atom is -0.349 e. The summed E-state index contributed by atoms with van der Waals surface area (Å²) in [5, 5.41) is 7.91. The molecule has 0 unspecified atom stereocenters. The highest BCUT2D eigenvalue weighted by Gasteiger charge is 2.22. The quantitative estimate of drug-likeness (QED) is 0.396. The van der Waals surface area contributed by atoms with E-state index in [0.29, 0.717) is 24.9 Å². The molecular weight excluding hydrogens is 456 g/mol. The molecule has 1 N–H and O–H groups in total. The monoisotopic (exact) mass is 500 g/mol. The largest absolute Gasteiger partial charge is 0.349 e. The highest BCUT2D eigenvalue weighted by molar-refractivity contribution is 5.78. The van der Waals surface area contributed by atoms with Crippen molar-refractivity contribution in [2.75, 3.05) is 19.6 Å². The summed E-state index contributed by atoms with van der Waals surface area (Å²) in [7, 11) is 0. The number of para-hydroxylation sites is 1. The van der Waals surface area contributed by atoms with Crippen LogP contribution in [0.4, 0.5) is 0 Å². The third-order valence-corrected chi connectivity index (χ3v) is 7.34. The van der Waals surface area contributed by atoms with Gasteiger partial charge in [0.25, 0.3) is 0 Å². The van der Waals surface area contributed by atoms with Gasteiger partial charge in [0.15, 0.2) is 0 Å². The van der Waals surface area contributed by atoms with Gasteiger partial charge >= 0.3 is 0 Å². The smallest absolute Gasteiger partial charge is 0.234 e. The Bertz CT molecular complexity index is 1130. The average molecular weight is 501 g/mol. The van der Waals surface area contributed by atoms with Crippen LogP contribution in [0.25, 0.3) is 5.69 Å². The summed E-state index contributed by atoms with van der Waals surface area (Å²) in [6.07, 6.45) is 4.38. The van der Waals surface area contributed by atoms with E-state index in [1.54, 1.807) is 0 Å². The van der Waals surface area contributed by atoms with Crippen LogP contribution in [0.3, 0.4) is 0 Å². The molecule has 2 aromatic carbocycles. The molecule has 5 heteroatoms. The van der Waals surface area contributed by atoms with Crippen molar-refractivity contribution in [3.8, 4) is 5.69 Å². The SMILES string of the molecule is CC(C)Cc1cc(CNC(=O)CN2CCC(Cc3ccc(C(C)(C)C)cc3)CC2)nn1-c1ccccc1. The maximum Gasteiger partial charge on any atom is 0.234 e. The first kappa shape index (κ1) is 27.1. The lowest BCUT2D eigenvalue weighted by atomic mass is 9.85. The molecule has 0 bridgehead atoms. The van der Waals surface area contributed by atoms with Crippen LogP contribution in [-0.2, 0) is 29.6 Å². The number of nitrogens with one attached hydrogen (secondary N) is 1. The number of hydrogen-bond acceptors (Lipinski definition) is 3. The van der Waals surface area contributed by atoms with E-state index in [1.807, 2.05) is 22.9 Å². The number of nitrogens with zero attached hydrogens (tertiary/aromatic N) is 3. The number of hydrogen-bond donors (Lipinski definition) is 1. The van der Waals surface area contributed by atoms with Gasteiger partial charge in [-0.2, -0.15) is 5.10 Å². The molecule has 0 aliphatic carbocycles. The van der Waals surface area contributed by atoms with Gasteiger partial charge in [-0.3, -0.25) is 9.69 Å². The first-order valence-corrected chi connectivity index (χ1v) is 13.9. The third-order valence-electron chi connectivity index (χ3n) is 7.34. The van der Waals surface area contributed by atoms with Gasteiger partial charge in [0.05, 0.1) is 24.5 Å². The molecule has 1 saturated heterocycles. The van der Waals surface area contributed by atoms with E-state index in [1.165, 1.54) is 16.8 Å². The second kappa shape index (κ2) is 12.1. The Balaban J connectivity index is 1.24. The zero-order chi connectivity index (χ0) is 26.4. The van der Waals surface area contributed by atoms with E-state index < -0.39 is 0 Å². The normalized spacial score (nSPS) is 15.3. The molecule has 5 nitrogen and oxygen atoms in total. The fourth-order valence-corrected chi connectivity index (χ4v) is 5.19. The molecule has 1 aliphatic heterocycles. The maximum atomic E-state index is 12.7. The van der Waals surface area contributed by atoms with Crippen LogP contribution in [-0.4, -0.2) is 40.2 Å². The Labute approximate surface area is 223 Å². The Hall–Kier alpha value is -2.92. The van der Waals surface area contributed by atoms with Gasteiger partial charge < -0.3 is 5.32 Å². The molecular formula is C32H44N4O. The summed E-state index contributed by atoms with van der Waals surface area (Å²) >= 11 is 0. The zero-order valence-electron chi connectivity index (χ0n) is 23.3. The van der Waals surface area contributed by atoms with E-state index >= 15 is 0 Å². The lowest BCUT2D eigenvalue weighted by Gasteiger charge is -2.31. The summed E-state index contributed by atoms with van der Waals surface area (Å²) < 4.78 is 2.02. The molecule has 0 spiro atoms. The van der Waals surface area contributed by atoms with Crippen LogP contribution in [0.15, 0.2) is 60.7 Å². The highest BCUT2D eigenvalue weighted by Crippen LogP contribution is 2.25. The van der Waals surface area contributed by atoms with Gasteiger partial charge in [0.2, 0.25) is 5.91 Å². The average Bonchev–Trinajstić information content (AvgIpc) is 3.26. The number of carbonyl (C=O) groups is 1. The lowest BCUT2D eigenvalue weighted by Crippen LogP contribution is -2.41. The first-order valence-electron chi connectivity index (χ1n) is 13.9. The number of rotatable bonds is 9. The van der Waals surface area contributed by atoms with Gasteiger partial charge in [0.1, 0.15) is 0 Å². The standard InChI is InChI=1S/C32H44N4O/c1-24(2)19-30-21-28(34-36(30)29-9-7-6-8-10-29)22-33-31(37)23-35-17-15-26(16-18-35)20-25-11-13-27(14-12-25)32(3,4)5/h6-14,21,24,26H,15-20,22-23H2,1-5H3,(H,33,37). The van der Waals surface area contributed by atoms with Crippen LogP contribution in [0.5, 0.6) is 0 Å². The maximum absolute atomic E-state index is 12.7. The Kier molecular flexibility index (Phi) is 8.86. The molecule has 3 aromatic rings. The van der Waals surface area contributed by atoms with Gasteiger partial charge in [-0.15, -0.1) is 0 Å². The number of benzene rings is 2. The topological polar surface area (TPSA) is 50.2 Å². The van der Waals surface area contributed by atoms with Crippen LogP contribution in [0.2, 0.25) is 0 Å². The fraction of sp³-hybridized carbons (Fsp3) is 0.500. The van der Waals surface area contributed by atoms with Crippen LogP contribution in [0, 0.1) is 11.8 Å². The van der Waals surface area contributed by atoms with E-state index in [9.17, 15) is 4.79 Å². The number of likely N-dealkylation sites (tertiary alicyclic amines) is 1. The van der Waals surface area contributed by atoms with Crippen molar-refractivity contribution >= 4 is 5.91 Å².